The van der Waals surface area contributed by atoms with Gasteiger partial charge in [-0.15, -0.1) is 0 Å². The highest BCUT2D eigenvalue weighted by Gasteiger charge is 2.25. The summed E-state index contributed by atoms with van der Waals surface area (Å²) < 4.78 is 5.99. The molecule has 1 atom stereocenters. The van der Waals surface area contributed by atoms with Crippen molar-refractivity contribution in [3.05, 3.63) is 54.6 Å². The van der Waals surface area contributed by atoms with Crippen molar-refractivity contribution in [3.8, 4) is 16.9 Å². The summed E-state index contributed by atoms with van der Waals surface area (Å²) in [5, 5.41) is 0. The molecule has 2 aromatic rings. The van der Waals surface area contributed by atoms with Crippen molar-refractivity contribution >= 4 is 0 Å². The van der Waals surface area contributed by atoms with E-state index in [1.807, 2.05) is 30.3 Å². The molecular formula is C18H23NO. The topological polar surface area (TPSA) is 35.2 Å². The zero-order valence-electron chi connectivity index (χ0n) is 12.5. The lowest BCUT2D eigenvalue weighted by Gasteiger charge is -2.30. The Labute approximate surface area is 121 Å². The van der Waals surface area contributed by atoms with Gasteiger partial charge in [-0.1, -0.05) is 63.2 Å². The molecule has 0 aliphatic carbocycles. The molecule has 0 spiro atoms. The quantitative estimate of drug-likeness (QED) is 0.906. The standard InChI is InChI=1S/C18H23NO/c1-18(2,3)17(13-19)20-16-11-9-15(10-12-16)14-7-5-4-6-8-14/h4-12,17H,13,19H2,1-3H3. The Hall–Kier alpha value is -1.80. The Balaban J connectivity index is 2.13. The summed E-state index contributed by atoms with van der Waals surface area (Å²) in [5.74, 6) is 0.870. The summed E-state index contributed by atoms with van der Waals surface area (Å²) in [6.07, 6.45) is 0.0186. The van der Waals surface area contributed by atoms with Crippen LogP contribution in [-0.2, 0) is 0 Å². The van der Waals surface area contributed by atoms with E-state index in [0.29, 0.717) is 6.54 Å². The van der Waals surface area contributed by atoms with Crippen LogP contribution in [0.5, 0.6) is 5.75 Å². The first kappa shape index (κ1) is 14.6. The first-order valence-corrected chi connectivity index (χ1v) is 7.03. The van der Waals surface area contributed by atoms with Gasteiger partial charge in [0.25, 0.3) is 0 Å². The minimum Gasteiger partial charge on any atom is -0.489 e. The van der Waals surface area contributed by atoms with Crippen LogP contribution in [0.3, 0.4) is 0 Å². The van der Waals surface area contributed by atoms with Crippen molar-refractivity contribution in [2.24, 2.45) is 11.1 Å². The van der Waals surface area contributed by atoms with Gasteiger partial charge in [-0.05, 0) is 23.3 Å². The number of rotatable bonds is 4. The molecule has 2 nitrogen and oxygen atoms in total. The predicted octanol–water partition coefficient (Wildman–Crippen LogP) is 4.11. The Morgan fingerprint density at radius 2 is 1.45 bits per heavy atom. The maximum absolute atomic E-state index is 5.99. The molecule has 20 heavy (non-hydrogen) atoms. The molecule has 1 unspecified atom stereocenters. The second-order valence-electron chi connectivity index (χ2n) is 6.10. The summed E-state index contributed by atoms with van der Waals surface area (Å²) >= 11 is 0. The summed E-state index contributed by atoms with van der Waals surface area (Å²) in [5.41, 5.74) is 8.24. The average Bonchev–Trinajstić information content (AvgIpc) is 2.45. The summed E-state index contributed by atoms with van der Waals surface area (Å²) in [6.45, 7) is 6.94. The van der Waals surface area contributed by atoms with Gasteiger partial charge in [0.2, 0.25) is 0 Å². The largest absolute Gasteiger partial charge is 0.489 e. The Morgan fingerprint density at radius 1 is 0.900 bits per heavy atom. The van der Waals surface area contributed by atoms with Crippen LogP contribution in [0.2, 0.25) is 0 Å². The monoisotopic (exact) mass is 269 g/mol. The van der Waals surface area contributed by atoms with Crippen LogP contribution in [0, 0.1) is 5.41 Å². The zero-order chi connectivity index (χ0) is 14.6. The van der Waals surface area contributed by atoms with E-state index >= 15 is 0 Å². The molecule has 106 valence electrons. The third kappa shape index (κ3) is 3.61. The maximum Gasteiger partial charge on any atom is 0.119 e. The highest BCUT2D eigenvalue weighted by Crippen LogP contribution is 2.26. The maximum atomic E-state index is 5.99. The molecule has 0 aliphatic heterocycles. The van der Waals surface area contributed by atoms with Gasteiger partial charge in [-0.3, -0.25) is 0 Å². The summed E-state index contributed by atoms with van der Waals surface area (Å²) in [7, 11) is 0. The molecule has 2 rings (SSSR count). The summed E-state index contributed by atoms with van der Waals surface area (Å²) in [4.78, 5) is 0. The molecular weight excluding hydrogens is 246 g/mol. The van der Waals surface area contributed by atoms with Crippen molar-refractivity contribution in [1.29, 1.82) is 0 Å². The Morgan fingerprint density at radius 3 is 1.95 bits per heavy atom. The van der Waals surface area contributed by atoms with Gasteiger partial charge in [0.1, 0.15) is 11.9 Å². The minimum atomic E-state index is 0.0186. The van der Waals surface area contributed by atoms with Gasteiger partial charge in [-0.2, -0.15) is 0 Å². The lowest BCUT2D eigenvalue weighted by molar-refractivity contribution is 0.0942. The average molecular weight is 269 g/mol. The normalized spacial score (nSPS) is 13.0. The predicted molar refractivity (Wildman–Crippen MR) is 84.8 cm³/mol. The van der Waals surface area contributed by atoms with Gasteiger partial charge >= 0.3 is 0 Å². The fraction of sp³-hybridized carbons (Fsp3) is 0.333. The Kier molecular flexibility index (Phi) is 4.46. The number of ether oxygens (including phenoxy) is 1. The molecule has 0 saturated heterocycles. The third-order valence-electron chi connectivity index (χ3n) is 3.42. The van der Waals surface area contributed by atoms with Gasteiger partial charge in [0, 0.05) is 12.0 Å². The molecule has 0 aromatic heterocycles. The third-order valence-corrected chi connectivity index (χ3v) is 3.42. The van der Waals surface area contributed by atoms with Crippen molar-refractivity contribution in [3.63, 3.8) is 0 Å². The fourth-order valence-corrected chi connectivity index (χ4v) is 2.10. The molecule has 0 bridgehead atoms. The van der Waals surface area contributed by atoms with E-state index in [2.05, 4.69) is 45.0 Å². The summed E-state index contributed by atoms with van der Waals surface area (Å²) in [6, 6.07) is 18.5. The Bertz CT molecular complexity index is 526. The number of hydrogen-bond donors (Lipinski definition) is 1. The molecule has 0 amide bonds. The van der Waals surface area contributed by atoms with Crippen molar-refractivity contribution in [1.82, 2.24) is 0 Å². The van der Waals surface area contributed by atoms with Gasteiger partial charge < -0.3 is 10.5 Å². The van der Waals surface area contributed by atoms with Gasteiger partial charge in [-0.25, -0.2) is 0 Å². The first-order chi connectivity index (χ1) is 9.50. The van der Waals surface area contributed by atoms with Crippen LogP contribution < -0.4 is 10.5 Å². The molecule has 2 N–H and O–H groups in total. The SMILES string of the molecule is CC(C)(C)C(CN)Oc1ccc(-c2ccccc2)cc1. The van der Waals surface area contributed by atoms with Crippen LogP contribution in [-0.4, -0.2) is 12.6 Å². The number of nitrogens with two attached hydrogens (primary N) is 1. The second kappa shape index (κ2) is 6.10. The second-order valence-corrected chi connectivity index (χ2v) is 6.10. The van der Waals surface area contributed by atoms with E-state index in [1.165, 1.54) is 11.1 Å². The molecule has 0 fully saturated rings. The van der Waals surface area contributed by atoms with Crippen LogP contribution in [0.4, 0.5) is 0 Å². The van der Waals surface area contributed by atoms with Crippen molar-refractivity contribution in [2.45, 2.75) is 26.9 Å². The molecule has 0 radical (unpaired) electrons. The fourth-order valence-electron chi connectivity index (χ4n) is 2.10. The van der Waals surface area contributed by atoms with Crippen LogP contribution in [0.15, 0.2) is 54.6 Å². The van der Waals surface area contributed by atoms with Crippen molar-refractivity contribution < 1.29 is 4.74 Å². The first-order valence-electron chi connectivity index (χ1n) is 7.03. The smallest absolute Gasteiger partial charge is 0.119 e. The van der Waals surface area contributed by atoms with Crippen LogP contribution >= 0.6 is 0 Å². The number of hydrogen-bond acceptors (Lipinski definition) is 2. The van der Waals surface area contributed by atoms with Crippen LogP contribution in [0.25, 0.3) is 11.1 Å². The van der Waals surface area contributed by atoms with Crippen molar-refractivity contribution in [2.75, 3.05) is 6.54 Å². The highest BCUT2D eigenvalue weighted by molar-refractivity contribution is 5.63. The van der Waals surface area contributed by atoms with Crippen LogP contribution in [0.1, 0.15) is 20.8 Å². The molecule has 2 heteroatoms. The van der Waals surface area contributed by atoms with E-state index in [-0.39, 0.29) is 11.5 Å². The molecule has 2 aromatic carbocycles. The van der Waals surface area contributed by atoms with Gasteiger partial charge in [0.05, 0.1) is 0 Å². The molecule has 0 saturated carbocycles. The van der Waals surface area contributed by atoms with Gasteiger partial charge in [0.15, 0.2) is 0 Å². The lowest BCUT2D eigenvalue weighted by atomic mass is 9.89. The molecule has 0 heterocycles. The number of benzene rings is 2. The highest BCUT2D eigenvalue weighted by atomic mass is 16.5. The zero-order valence-corrected chi connectivity index (χ0v) is 12.5. The van der Waals surface area contributed by atoms with E-state index in [1.54, 1.807) is 0 Å². The van der Waals surface area contributed by atoms with E-state index < -0.39 is 0 Å². The minimum absolute atomic E-state index is 0.0186. The van der Waals surface area contributed by atoms with E-state index in [0.717, 1.165) is 5.75 Å². The molecule has 0 aliphatic rings. The van der Waals surface area contributed by atoms with E-state index in [9.17, 15) is 0 Å². The van der Waals surface area contributed by atoms with E-state index in [4.69, 9.17) is 10.5 Å². The lowest BCUT2D eigenvalue weighted by Crippen LogP contribution is -2.38.